The molecule has 2 N–H and O–H groups in total. The Hall–Kier alpha value is -0.940. The minimum Gasteiger partial charge on any atom is -0.379 e. The Morgan fingerprint density at radius 2 is 1.92 bits per heavy atom. The second-order valence-corrected chi connectivity index (χ2v) is 3.06. The van der Waals surface area contributed by atoms with Crippen molar-refractivity contribution in [3.63, 3.8) is 0 Å². The maximum absolute atomic E-state index is 11.1. The molecule has 74 valence electrons. The highest BCUT2D eigenvalue weighted by molar-refractivity contribution is 6.03. The van der Waals surface area contributed by atoms with Crippen LogP contribution in [0, 0.1) is 0 Å². The summed E-state index contributed by atoms with van der Waals surface area (Å²) in [5.41, 5.74) is 5.13. The number of nitrogens with two attached hydrogens (primary N) is 1. The molecule has 1 amide bonds. The lowest BCUT2D eigenvalue weighted by molar-refractivity contribution is -0.135. The molecule has 0 aromatic carbocycles. The van der Waals surface area contributed by atoms with E-state index in [1.165, 1.54) is 6.92 Å². The van der Waals surface area contributed by atoms with E-state index in [1.807, 2.05) is 0 Å². The highest BCUT2D eigenvalue weighted by Crippen LogP contribution is 2.04. The first-order valence-corrected chi connectivity index (χ1v) is 4.24. The summed E-state index contributed by atoms with van der Waals surface area (Å²) < 4.78 is 5.10. The average Bonchev–Trinajstić information content (AvgIpc) is 2.04. The van der Waals surface area contributed by atoms with Crippen molar-refractivity contribution in [2.24, 2.45) is 5.73 Å². The van der Waals surface area contributed by atoms with E-state index in [2.05, 4.69) is 0 Å². The van der Waals surface area contributed by atoms with Crippen molar-refractivity contribution in [2.45, 2.75) is 13.0 Å². The van der Waals surface area contributed by atoms with Gasteiger partial charge in [-0.3, -0.25) is 14.5 Å². The molecule has 1 saturated heterocycles. The van der Waals surface area contributed by atoms with E-state index < -0.39 is 11.9 Å². The quantitative estimate of drug-likeness (QED) is 0.560. The molecule has 1 aliphatic heterocycles. The highest BCUT2D eigenvalue weighted by atomic mass is 16.5. The van der Waals surface area contributed by atoms with Gasteiger partial charge in [-0.15, -0.1) is 0 Å². The number of rotatable bonds is 3. The topological polar surface area (TPSA) is 72.6 Å². The van der Waals surface area contributed by atoms with Crippen molar-refractivity contribution in [1.29, 1.82) is 0 Å². The molecular weight excluding hydrogens is 172 g/mol. The van der Waals surface area contributed by atoms with Gasteiger partial charge < -0.3 is 10.5 Å². The highest BCUT2D eigenvalue weighted by Gasteiger charge is 2.29. The first-order chi connectivity index (χ1) is 6.13. The molecule has 1 heterocycles. The van der Waals surface area contributed by atoms with E-state index in [-0.39, 0.29) is 5.78 Å². The summed E-state index contributed by atoms with van der Waals surface area (Å²) in [5.74, 6) is -0.774. The summed E-state index contributed by atoms with van der Waals surface area (Å²) in [7, 11) is 0. The molecule has 1 aliphatic rings. The molecule has 5 nitrogen and oxygen atoms in total. The van der Waals surface area contributed by atoms with Gasteiger partial charge in [0, 0.05) is 13.1 Å². The molecule has 0 aromatic rings. The van der Waals surface area contributed by atoms with Crippen LogP contribution in [0.15, 0.2) is 0 Å². The van der Waals surface area contributed by atoms with E-state index >= 15 is 0 Å². The number of morpholine rings is 1. The van der Waals surface area contributed by atoms with E-state index in [0.717, 1.165) is 0 Å². The van der Waals surface area contributed by atoms with E-state index in [1.54, 1.807) is 4.90 Å². The first-order valence-electron chi connectivity index (χ1n) is 4.24. The molecule has 1 unspecified atom stereocenters. The second kappa shape index (κ2) is 4.34. The molecule has 0 aromatic heterocycles. The first kappa shape index (κ1) is 10.1. The lowest BCUT2D eigenvalue weighted by atomic mass is 10.1. The van der Waals surface area contributed by atoms with Gasteiger partial charge in [-0.25, -0.2) is 0 Å². The molecule has 0 spiro atoms. The fourth-order valence-electron chi connectivity index (χ4n) is 1.47. The molecule has 0 saturated carbocycles. The van der Waals surface area contributed by atoms with E-state index in [9.17, 15) is 9.59 Å². The minimum absolute atomic E-state index is 0.200. The summed E-state index contributed by atoms with van der Waals surface area (Å²) >= 11 is 0. The normalized spacial score (nSPS) is 21.0. The van der Waals surface area contributed by atoms with Crippen LogP contribution in [0.3, 0.4) is 0 Å². The van der Waals surface area contributed by atoms with Crippen LogP contribution in [0.4, 0.5) is 0 Å². The van der Waals surface area contributed by atoms with Crippen molar-refractivity contribution in [1.82, 2.24) is 4.90 Å². The maximum atomic E-state index is 11.1. The predicted octanol–water partition coefficient (Wildman–Crippen LogP) is -1.24. The van der Waals surface area contributed by atoms with Crippen LogP contribution in [-0.2, 0) is 14.3 Å². The zero-order valence-electron chi connectivity index (χ0n) is 7.66. The summed E-state index contributed by atoms with van der Waals surface area (Å²) in [4.78, 5) is 23.8. The van der Waals surface area contributed by atoms with E-state index in [0.29, 0.717) is 26.3 Å². The van der Waals surface area contributed by atoms with Crippen molar-refractivity contribution in [2.75, 3.05) is 26.3 Å². The second-order valence-electron chi connectivity index (χ2n) is 3.06. The van der Waals surface area contributed by atoms with Gasteiger partial charge >= 0.3 is 0 Å². The molecular formula is C8H14N2O3. The van der Waals surface area contributed by atoms with Crippen LogP contribution in [-0.4, -0.2) is 48.9 Å². The number of amides is 1. The Morgan fingerprint density at radius 3 is 2.31 bits per heavy atom. The summed E-state index contributed by atoms with van der Waals surface area (Å²) in [6.45, 7) is 3.67. The third kappa shape index (κ3) is 2.50. The summed E-state index contributed by atoms with van der Waals surface area (Å²) in [5, 5.41) is 0. The predicted molar refractivity (Wildman–Crippen MR) is 46.1 cm³/mol. The smallest absolute Gasteiger partial charge is 0.242 e. The van der Waals surface area contributed by atoms with Gasteiger partial charge in [-0.1, -0.05) is 0 Å². The number of Topliss-reactive ketones (excluding diaryl/α,β-unsaturated/α-hetero) is 1. The number of hydrogen-bond donors (Lipinski definition) is 1. The lowest BCUT2D eigenvalue weighted by Gasteiger charge is -2.30. The molecule has 0 radical (unpaired) electrons. The Labute approximate surface area is 76.8 Å². The van der Waals surface area contributed by atoms with E-state index in [4.69, 9.17) is 10.5 Å². The van der Waals surface area contributed by atoms with Gasteiger partial charge in [0.15, 0.2) is 5.78 Å². The van der Waals surface area contributed by atoms with Gasteiger partial charge in [0.05, 0.1) is 13.2 Å². The number of carbonyl (C=O) groups is 2. The molecule has 1 rings (SSSR count). The number of hydrogen-bond acceptors (Lipinski definition) is 4. The molecule has 0 bridgehead atoms. The average molecular weight is 186 g/mol. The molecule has 1 atom stereocenters. The fourth-order valence-corrected chi connectivity index (χ4v) is 1.47. The maximum Gasteiger partial charge on any atom is 0.242 e. The fraction of sp³-hybridized carbons (Fsp3) is 0.750. The lowest BCUT2D eigenvalue weighted by Crippen LogP contribution is -2.53. The third-order valence-corrected chi connectivity index (χ3v) is 2.07. The van der Waals surface area contributed by atoms with Gasteiger partial charge in [-0.05, 0) is 6.92 Å². The number of ether oxygens (including phenoxy) is 1. The van der Waals surface area contributed by atoms with Crippen LogP contribution < -0.4 is 5.73 Å². The Balaban J connectivity index is 2.62. The van der Waals surface area contributed by atoms with Crippen LogP contribution in [0.2, 0.25) is 0 Å². The summed E-state index contributed by atoms with van der Waals surface area (Å²) in [6.07, 6.45) is 0. The number of primary amides is 1. The summed E-state index contributed by atoms with van der Waals surface area (Å²) in [6, 6.07) is -0.774. The van der Waals surface area contributed by atoms with Gasteiger partial charge in [0.2, 0.25) is 5.91 Å². The number of ketones is 1. The molecule has 5 heteroatoms. The third-order valence-electron chi connectivity index (χ3n) is 2.07. The van der Waals surface area contributed by atoms with Crippen molar-refractivity contribution in [3.05, 3.63) is 0 Å². The number of carbonyl (C=O) groups excluding carboxylic acids is 2. The zero-order chi connectivity index (χ0) is 9.84. The Morgan fingerprint density at radius 1 is 1.38 bits per heavy atom. The van der Waals surface area contributed by atoms with Gasteiger partial charge in [0.1, 0.15) is 6.04 Å². The van der Waals surface area contributed by atoms with Gasteiger partial charge in [-0.2, -0.15) is 0 Å². The number of nitrogens with zero attached hydrogens (tertiary/aromatic N) is 1. The Kier molecular flexibility index (Phi) is 3.39. The van der Waals surface area contributed by atoms with Crippen LogP contribution in [0.25, 0.3) is 0 Å². The van der Waals surface area contributed by atoms with Crippen LogP contribution in [0.1, 0.15) is 6.92 Å². The van der Waals surface area contributed by atoms with Crippen LogP contribution in [0.5, 0.6) is 0 Å². The minimum atomic E-state index is -0.774. The van der Waals surface area contributed by atoms with Crippen molar-refractivity contribution in [3.8, 4) is 0 Å². The molecule has 1 fully saturated rings. The monoisotopic (exact) mass is 186 g/mol. The standard InChI is InChI=1S/C8H14N2O3/c1-6(11)7(8(9)12)10-2-4-13-5-3-10/h7H,2-5H2,1H3,(H2,9,12). The molecule has 0 aliphatic carbocycles. The van der Waals surface area contributed by atoms with Crippen molar-refractivity contribution >= 4 is 11.7 Å². The van der Waals surface area contributed by atoms with Crippen LogP contribution >= 0.6 is 0 Å². The Bertz CT molecular complexity index is 197. The molecule has 13 heavy (non-hydrogen) atoms. The largest absolute Gasteiger partial charge is 0.379 e. The SMILES string of the molecule is CC(=O)C(C(N)=O)N1CCOCC1. The zero-order valence-corrected chi connectivity index (χ0v) is 7.66. The van der Waals surface area contributed by atoms with Crippen molar-refractivity contribution < 1.29 is 14.3 Å². The van der Waals surface area contributed by atoms with Gasteiger partial charge in [0.25, 0.3) is 0 Å².